The zero-order chi connectivity index (χ0) is 9.52. The van der Waals surface area contributed by atoms with Gasteiger partial charge in [-0.3, -0.25) is 0 Å². The van der Waals surface area contributed by atoms with E-state index in [0.717, 1.165) is 0 Å². The Morgan fingerprint density at radius 1 is 1.17 bits per heavy atom. The standard InChI is InChI=1S/C10H16S2/c1-6-8(11)7(2)12-9(6)10(3,4)5/h11H,1-5H3. The SMILES string of the molecule is Cc1sc(C(C)(C)C)c(C)c1S. The van der Waals surface area contributed by atoms with Crippen LogP contribution in [0.15, 0.2) is 4.90 Å². The third kappa shape index (κ3) is 1.69. The molecule has 0 amide bonds. The van der Waals surface area contributed by atoms with E-state index in [1.165, 1.54) is 20.2 Å². The third-order valence-electron chi connectivity index (χ3n) is 1.97. The van der Waals surface area contributed by atoms with Crippen molar-refractivity contribution in [2.75, 3.05) is 0 Å². The minimum absolute atomic E-state index is 0.264. The van der Waals surface area contributed by atoms with Crippen molar-refractivity contribution in [1.82, 2.24) is 0 Å². The van der Waals surface area contributed by atoms with E-state index in [4.69, 9.17) is 0 Å². The lowest BCUT2D eigenvalue weighted by Gasteiger charge is -2.17. The van der Waals surface area contributed by atoms with E-state index in [1.807, 2.05) is 11.3 Å². The van der Waals surface area contributed by atoms with Crippen LogP contribution in [0.25, 0.3) is 0 Å². The monoisotopic (exact) mass is 200 g/mol. The zero-order valence-electron chi connectivity index (χ0n) is 8.36. The molecule has 1 rings (SSSR count). The number of thiophene rings is 1. The summed E-state index contributed by atoms with van der Waals surface area (Å²) in [6, 6.07) is 0. The van der Waals surface area contributed by atoms with E-state index < -0.39 is 0 Å². The second kappa shape index (κ2) is 3.08. The molecule has 1 heterocycles. The van der Waals surface area contributed by atoms with Crippen LogP contribution in [0.3, 0.4) is 0 Å². The van der Waals surface area contributed by atoms with Crippen molar-refractivity contribution < 1.29 is 0 Å². The van der Waals surface area contributed by atoms with Crippen molar-refractivity contribution in [3.05, 3.63) is 15.3 Å². The highest BCUT2D eigenvalue weighted by molar-refractivity contribution is 7.80. The molecular formula is C10H16S2. The van der Waals surface area contributed by atoms with Crippen LogP contribution in [0.2, 0.25) is 0 Å². The fourth-order valence-electron chi connectivity index (χ4n) is 1.37. The van der Waals surface area contributed by atoms with Crippen LogP contribution in [0.5, 0.6) is 0 Å². The molecule has 0 unspecified atom stereocenters. The first-order valence-corrected chi connectivity index (χ1v) is 5.40. The molecule has 0 aliphatic carbocycles. The number of hydrogen-bond donors (Lipinski definition) is 1. The Labute approximate surface area is 84.4 Å². The van der Waals surface area contributed by atoms with Gasteiger partial charge >= 0.3 is 0 Å². The fraction of sp³-hybridized carbons (Fsp3) is 0.600. The number of rotatable bonds is 0. The Bertz CT molecular complexity index is 290. The first-order chi connectivity index (χ1) is 5.34. The Kier molecular flexibility index (Phi) is 2.60. The van der Waals surface area contributed by atoms with E-state index in [-0.39, 0.29) is 5.41 Å². The molecule has 0 aliphatic heterocycles. The van der Waals surface area contributed by atoms with Gasteiger partial charge in [-0.25, -0.2) is 0 Å². The van der Waals surface area contributed by atoms with Crippen molar-refractivity contribution in [3.63, 3.8) is 0 Å². The summed E-state index contributed by atoms with van der Waals surface area (Å²) in [5.74, 6) is 0. The maximum absolute atomic E-state index is 4.47. The molecule has 0 saturated heterocycles. The lowest BCUT2D eigenvalue weighted by molar-refractivity contribution is 0.599. The molecule has 0 nitrogen and oxygen atoms in total. The molecule has 68 valence electrons. The van der Waals surface area contributed by atoms with Gasteiger partial charge in [0.1, 0.15) is 0 Å². The molecule has 0 fully saturated rings. The van der Waals surface area contributed by atoms with Crippen molar-refractivity contribution in [2.24, 2.45) is 0 Å². The van der Waals surface area contributed by atoms with Crippen molar-refractivity contribution in [1.29, 1.82) is 0 Å². The topological polar surface area (TPSA) is 0 Å². The Morgan fingerprint density at radius 3 is 1.83 bits per heavy atom. The maximum atomic E-state index is 4.47. The summed E-state index contributed by atoms with van der Waals surface area (Å²) in [4.78, 5) is 3.97. The molecule has 0 atom stereocenters. The molecule has 0 aliphatic rings. The van der Waals surface area contributed by atoms with E-state index in [1.54, 1.807) is 0 Å². The van der Waals surface area contributed by atoms with Gasteiger partial charge in [-0.05, 0) is 24.8 Å². The predicted octanol–water partition coefficient (Wildman–Crippen LogP) is 3.95. The minimum atomic E-state index is 0.264. The zero-order valence-corrected chi connectivity index (χ0v) is 10.1. The van der Waals surface area contributed by atoms with Gasteiger partial charge < -0.3 is 0 Å². The summed E-state index contributed by atoms with van der Waals surface area (Å²) in [5.41, 5.74) is 1.62. The molecule has 0 saturated carbocycles. The van der Waals surface area contributed by atoms with Crippen LogP contribution in [-0.2, 0) is 5.41 Å². The summed E-state index contributed by atoms with van der Waals surface area (Å²) in [5, 5.41) is 0. The van der Waals surface area contributed by atoms with Gasteiger partial charge in [0.15, 0.2) is 0 Å². The summed E-state index contributed by atoms with van der Waals surface area (Å²) >= 11 is 6.35. The molecule has 1 aromatic heterocycles. The summed E-state index contributed by atoms with van der Waals surface area (Å²) in [6.45, 7) is 11.0. The molecular weight excluding hydrogens is 184 g/mol. The Balaban J connectivity index is 3.28. The highest BCUT2D eigenvalue weighted by Crippen LogP contribution is 2.37. The van der Waals surface area contributed by atoms with E-state index in [2.05, 4.69) is 47.2 Å². The second-order valence-corrected chi connectivity index (χ2v) is 5.88. The molecule has 12 heavy (non-hydrogen) atoms. The quantitative estimate of drug-likeness (QED) is 0.602. The largest absolute Gasteiger partial charge is 0.144 e. The maximum Gasteiger partial charge on any atom is 0.0209 e. The number of thiol groups is 1. The van der Waals surface area contributed by atoms with Gasteiger partial charge in [-0.1, -0.05) is 20.8 Å². The van der Waals surface area contributed by atoms with Gasteiger partial charge in [0, 0.05) is 14.6 Å². The Hall–Kier alpha value is 0.0500. The lowest BCUT2D eigenvalue weighted by Crippen LogP contribution is -2.09. The van der Waals surface area contributed by atoms with Crippen LogP contribution in [0.1, 0.15) is 36.1 Å². The van der Waals surface area contributed by atoms with E-state index >= 15 is 0 Å². The van der Waals surface area contributed by atoms with Gasteiger partial charge in [-0.2, -0.15) is 0 Å². The molecule has 0 aromatic carbocycles. The molecule has 0 N–H and O–H groups in total. The van der Waals surface area contributed by atoms with Gasteiger partial charge in [0.05, 0.1) is 0 Å². The highest BCUT2D eigenvalue weighted by atomic mass is 32.1. The molecule has 0 bridgehead atoms. The third-order valence-corrected chi connectivity index (χ3v) is 4.42. The number of aryl methyl sites for hydroxylation is 1. The van der Waals surface area contributed by atoms with Crippen LogP contribution in [0, 0.1) is 13.8 Å². The van der Waals surface area contributed by atoms with Crippen molar-refractivity contribution in [3.8, 4) is 0 Å². The minimum Gasteiger partial charge on any atom is -0.144 e. The van der Waals surface area contributed by atoms with E-state index in [0.29, 0.717) is 0 Å². The van der Waals surface area contributed by atoms with Crippen LogP contribution >= 0.6 is 24.0 Å². The average Bonchev–Trinajstić information content (AvgIpc) is 2.15. The molecule has 0 spiro atoms. The van der Waals surface area contributed by atoms with Crippen LogP contribution in [0.4, 0.5) is 0 Å². The van der Waals surface area contributed by atoms with Crippen molar-refractivity contribution in [2.45, 2.75) is 44.9 Å². The predicted molar refractivity (Wildman–Crippen MR) is 59.7 cm³/mol. The first-order valence-electron chi connectivity index (χ1n) is 4.13. The highest BCUT2D eigenvalue weighted by Gasteiger charge is 2.20. The van der Waals surface area contributed by atoms with Crippen LogP contribution in [-0.4, -0.2) is 0 Å². The second-order valence-electron chi connectivity index (χ2n) is 4.21. The summed E-state index contributed by atoms with van der Waals surface area (Å²) in [6.07, 6.45) is 0. The van der Waals surface area contributed by atoms with E-state index in [9.17, 15) is 0 Å². The van der Waals surface area contributed by atoms with Crippen LogP contribution < -0.4 is 0 Å². The fourth-order valence-corrected chi connectivity index (χ4v) is 2.81. The summed E-state index contributed by atoms with van der Waals surface area (Å²) in [7, 11) is 0. The molecule has 1 aromatic rings. The summed E-state index contributed by atoms with van der Waals surface area (Å²) < 4.78 is 0. The number of hydrogen-bond acceptors (Lipinski definition) is 2. The molecule has 0 radical (unpaired) electrons. The average molecular weight is 200 g/mol. The first kappa shape index (κ1) is 10.1. The van der Waals surface area contributed by atoms with Crippen molar-refractivity contribution >= 4 is 24.0 Å². The molecule has 2 heteroatoms. The van der Waals surface area contributed by atoms with Gasteiger partial charge in [0.25, 0.3) is 0 Å². The smallest absolute Gasteiger partial charge is 0.0209 e. The Morgan fingerprint density at radius 2 is 1.67 bits per heavy atom. The lowest BCUT2D eigenvalue weighted by atomic mass is 9.92. The van der Waals surface area contributed by atoms with Gasteiger partial charge in [-0.15, -0.1) is 24.0 Å². The normalized spacial score (nSPS) is 12.2. The van der Waals surface area contributed by atoms with Gasteiger partial charge in [0.2, 0.25) is 0 Å².